The van der Waals surface area contributed by atoms with E-state index in [1.165, 1.54) is 0 Å². The van der Waals surface area contributed by atoms with Crippen molar-refractivity contribution in [3.8, 4) is 22.2 Å². The summed E-state index contributed by atoms with van der Waals surface area (Å²) in [6, 6.07) is 7.57. The number of hydrogen-bond acceptors (Lipinski definition) is 6. The van der Waals surface area contributed by atoms with Crippen LogP contribution in [0, 0.1) is 0 Å². The third-order valence-electron chi connectivity index (χ3n) is 2.49. The lowest BCUT2D eigenvalue weighted by atomic mass is 10.2. The van der Waals surface area contributed by atoms with Crippen molar-refractivity contribution in [1.82, 2.24) is 15.1 Å². The molecule has 3 rings (SSSR count). The first-order valence-electron chi connectivity index (χ1n) is 5.51. The van der Waals surface area contributed by atoms with Crippen LogP contribution in [0.2, 0.25) is 0 Å². The van der Waals surface area contributed by atoms with Crippen LogP contribution in [0.1, 0.15) is 5.69 Å². The molecule has 0 aromatic carbocycles. The Bertz CT molecular complexity index is 709. The molecular weight excluding hydrogens is 328 g/mol. The monoisotopic (exact) mass is 336 g/mol. The summed E-state index contributed by atoms with van der Waals surface area (Å²) in [5, 5.41) is 3.98. The van der Waals surface area contributed by atoms with Crippen molar-refractivity contribution in [1.29, 1.82) is 0 Å². The number of halogens is 1. The number of hydrogen-bond donors (Lipinski definition) is 1. The number of aromatic nitrogens is 3. The fraction of sp³-hybridized carbons (Fsp3) is 0.0833. The first kappa shape index (κ1) is 12.5. The lowest BCUT2D eigenvalue weighted by Gasteiger charge is -1.97. The zero-order chi connectivity index (χ0) is 13.2. The van der Waals surface area contributed by atoms with Gasteiger partial charge in [-0.15, -0.1) is 11.3 Å². The summed E-state index contributed by atoms with van der Waals surface area (Å²) in [4.78, 5) is 9.47. The van der Waals surface area contributed by atoms with Gasteiger partial charge in [0, 0.05) is 18.3 Å². The van der Waals surface area contributed by atoms with E-state index in [1.54, 1.807) is 17.5 Å². The van der Waals surface area contributed by atoms with Gasteiger partial charge in [0.05, 0.1) is 14.4 Å². The maximum atomic E-state index is 5.56. The molecule has 0 fully saturated rings. The second kappa shape index (κ2) is 5.20. The van der Waals surface area contributed by atoms with Crippen LogP contribution < -0.4 is 5.73 Å². The van der Waals surface area contributed by atoms with E-state index in [0.717, 1.165) is 19.9 Å². The van der Waals surface area contributed by atoms with Crippen molar-refractivity contribution in [3.63, 3.8) is 0 Å². The van der Waals surface area contributed by atoms with Crippen LogP contribution in [0.15, 0.2) is 38.8 Å². The van der Waals surface area contributed by atoms with Gasteiger partial charge >= 0.3 is 0 Å². The molecule has 3 heterocycles. The predicted molar refractivity (Wildman–Crippen MR) is 76.4 cm³/mol. The Labute approximate surface area is 121 Å². The van der Waals surface area contributed by atoms with Crippen molar-refractivity contribution in [2.24, 2.45) is 5.73 Å². The summed E-state index contributed by atoms with van der Waals surface area (Å²) in [6.07, 6.45) is 1.68. The lowest BCUT2D eigenvalue weighted by Crippen LogP contribution is -1.98. The molecule has 0 radical (unpaired) electrons. The highest BCUT2D eigenvalue weighted by Gasteiger charge is 2.12. The Balaban J connectivity index is 1.96. The molecule has 0 aliphatic carbocycles. The topological polar surface area (TPSA) is 77.8 Å². The van der Waals surface area contributed by atoms with E-state index in [2.05, 4.69) is 31.1 Å². The fourth-order valence-corrected chi connectivity index (χ4v) is 2.91. The molecule has 0 aliphatic heterocycles. The predicted octanol–water partition coefficient (Wildman–Crippen LogP) is 3.08. The summed E-state index contributed by atoms with van der Waals surface area (Å²) in [7, 11) is 0. The Morgan fingerprint density at radius 1 is 1.32 bits per heavy atom. The minimum Gasteiger partial charge on any atom is -0.334 e. The van der Waals surface area contributed by atoms with Crippen molar-refractivity contribution >= 4 is 27.3 Å². The van der Waals surface area contributed by atoms with E-state index in [9.17, 15) is 0 Å². The van der Waals surface area contributed by atoms with Gasteiger partial charge < -0.3 is 10.3 Å². The van der Waals surface area contributed by atoms with Crippen LogP contribution in [0.4, 0.5) is 0 Å². The third-order valence-corrected chi connectivity index (χ3v) is 4.11. The molecule has 0 bridgehead atoms. The molecule has 96 valence electrons. The van der Waals surface area contributed by atoms with E-state index in [4.69, 9.17) is 10.3 Å². The molecule has 0 saturated heterocycles. The summed E-state index contributed by atoms with van der Waals surface area (Å²) < 4.78 is 6.31. The molecule has 3 aromatic heterocycles. The number of nitrogens with zero attached hydrogens (tertiary/aromatic N) is 3. The third kappa shape index (κ3) is 2.58. The largest absolute Gasteiger partial charge is 0.334 e. The number of thiophene rings is 1. The Hall–Kier alpha value is -1.57. The smallest absolute Gasteiger partial charge is 0.258 e. The van der Waals surface area contributed by atoms with E-state index in [0.29, 0.717) is 18.3 Å². The highest BCUT2D eigenvalue weighted by atomic mass is 79.9. The molecule has 0 atom stereocenters. The second-order valence-corrected chi connectivity index (χ2v) is 6.23. The van der Waals surface area contributed by atoms with Crippen molar-refractivity contribution in [3.05, 3.63) is 39.9 Å². The van der Waals surface area contributed by atoms with E-state index >= 15 is 0 Å². The summed E-state index contributed by atoms with van der Waals surface area (Å²) in [6.45, 7) is 0.382. The van der Waals surface area contributed by atoms with Gasteiger partial charge in [-0.1, -0.05) is 5.16 Å². The number of nitrogens with two attached hydrogens (primary N) is 1. The van der Waals surface area contributed by atoms with Crippen LogP contribution in [0.3, 0.4) is 0 Å². The molecule has 0 amide bonds. The van der Waals surface area contributed by atoms with Crippen LogP contribution in [-0.2, 0) is 6.54 Å². The van der Waals surface area contributed by atoms with Crippen molar-refractivity contribution in [2.45, 2.75) is 6.54 Å². The van der Waals surface area contributed by atoms with Gasteiger partial charge in [0.1, 0.15) is 0 Å². The maximum Gasteiger partial charge on any atom is 0.258 e. The van der Waals surface area contributed by atoms with E-state index in [-0.39, 0.29) is 0 Å². The minimum atomic E-state index is 0.382. The zero-order valence-corrected chi connectivity index (χ0v) is 12.1. The van der Waals surface area contributed by atoms with Gasteiger partial charge in [0.15, 0.2) is 0 Å². The molecule has 19 heavy (non-hydrogen) atoms. The normalized spacial score (nSPS) is 10.8. The molecule has 7 heteroatoms. The second-order valence-electron chi connectivity index (χ2n) is 3.77. The Morgan fingerprint density at radius 3 is 2.95 bits per heavy atom. The Morgan fingerprint density at radius 2 is 2.21 bits per heavy atom. The molecule has 0 aliphatic rings. The average molecular weight is 337 g/mol. The molecule has 5 nitrogen and oxygen atoms in total. The Kier molecular flexibility index (Phi) is 3.41. The van der Waals surface area contributed by atoms with Crippen LogP contribution in [0.5, 0.6) is 0 Å². The van der Waals surface area contributed by atoms with E-state index < -0.39 is 0 Å². The van der Waals surface area contributed by atoms with Gasteiger partial charge in [-0.2, -0.15) is 4.98 Å². The summed E-state index contributed by atoms with van der Waals surface area (Å²) in [5.41, 5.74) is 7.18. The van der Waals surface area contributed by atoms with Gasteiger partial charge in [-0.25, -0.2) is 0 Å². The van der Waals surface area contributed by atoms with Gasteiger partial charge in [0.25, 0.3) is 5.89 Å². The average Bonchev–Trinajstić information content (AvgIpc) is 3.07. The highest BCUT2D eigenvalue weighted by Crippen LogP contribution is 2.30. The zero-order valence-electron chi connectivity index (χ0n) is 9.71. The lowest BCUT2D eigenvalue weighted by molar-refractivity contribution is 0.432. The maximum absolute atomic E-state index is 5.56. The highest BCUT2D eigenvalue weighted by molar-refractivity contribution is 9.11. The van der Waals surface area contributed by atoms with E-state index in [1.807, 2.05) is 24.3 Å². The molecule has 0 saturated carbocycles. The summed E-state index contributed by atoms with van der Waals surface area (Å²) >= 11 is 4.97. The van der Waals surface area contributed by atoms with Gasteiger partial charge in [-0.3, -0.25) is 4.98 Å². The summed E-state index contributed by atoms with van der Waals surface area (Å²) in [5.74, 6) is 1.05. The first-order chi connectivity index (χ1) is 9.26. The fourth-order valence-electron chi connectivity index (χ4n) is 1.60. The van der Waals surface area contributed by atoms with Crippen molar-refractivity contribution in [2.75, 3.05) is 0 Å². The first-order valence-corrected chi connectivity index (χ1v) is 7.12. The number of rotatable bonds is 3. The molecule has 0 unspecified atom stereocenters. The molecule has 0 spiro atoms. The molecular formula is C12H9BrN4OS. The molecule has 3 aromatic rings. The van der Waals surface area contributed by atoms with Gasteiger partial charge in [-0.05, 0) is 40.2 Å². The molecule has 2 N–H and O–H groups in total. The van der Waals surface area contributed by atoms with Crippen LogP contribution in [0.25, 0.3) is 22.2 Å². The quantitative estimate of drug-likeness (QED) is 0.795. The minimum absolute atomic E-state index is 0.382. The van der Waals surface area contributed by atoms with Crippen LogP contribution in [-0.4, -0.2) is 15.1 Å². The van der Waals surface area contributed by atoms with Gasteiger partial charge in [0.2, 0.25) is 5.82 Å². The van der Waals surface area contributed by atoms with Crippen molar-refractivity contribution < 1.29 is 4.52 Å². The van der Waals surface area contributed by atoms with Crippen LogP contribution >= 0.6 is 27.3 Å². The SMILES string of the molecule is NCc1cc(-c2nc(-c3ccc(Br)s3)no2)ccn1. The number of pyridine rings is 1. The standard InChI is InChI=1S/C12H9BrN4OS/c13-10-2-1-9(19-10)11-16-12(18-17-11)7-3-4-15-8(5-7)6-14/h1-5H,6,14H2.